The van der Waals surface area contributed by atoms with E-state index in [9.17, 15) is 14.7 Å². The van der Waals surface area contributed by atoms with Crippen LogP contribution in [-0.4, -0.2) is 41.3 Å². The molecule has 18 heavy (non-hydrogen) atoms. The molecule has 0 unspecified atom stereocenters. The van der Waals surface area contributed by atoms with Gasteiger partial charge in [0.2, 0.25) is 11.8 Å². The Morgan fingerprint density at radius 2 is 2.06 bits per heavy atom. The van der Waals surface area contributed by atoms with E-state index in [1.807, 2.05) is 0 Å². The van der Waals surface area contributed by atoms with Crippen molar-refractivity contribution in [3.63, 3.8) is 0 Å². The Balaban J connectivity index is 4.01. The molecule has 0 aromatic carbocycles. The molecule has 0 heterocycles. The molecule has 0 fully saturated rings. The average molecular weight is 276 g/mol. The molecule has 2 amide bonds. The van der Waals surface area contributed by atoms with Crippen LogP contribution >= 0.6 is 12.6 Å². The van der Waals surface area contributed by atoms with Gasteiger partial charge in [-0.05, 0) is 5.41 Å². The molecule has 4 N–H and O–H groups in total. The summed E-state index contributed by atoms with van der Waals surface area (Å²) in [6.45, 7) is 2.95. The van der Waals surface area contributed by atoms with E-state index in [4.69, 9.17) is 5.11 Å². The maximum Gasteiger partial charge on any atom is 0.249 e. The molecular weight excluding hydrogens is 256 g/mol. The minimum atomic E-state index is -1.32. The standard InChI is InChI=1S/C11H20N2O4S/c1-11(2,7-14)9(16)10(17)13-4-3-8(15)12-5-6-18/h5-6,9,14,16,18H,3-4,7H2,1-2H3,(H,12,15)(H,13,17)/t9-/m0/s1. The fraction of sp³-hybridized carbons (Fsp3) is 0.636. The van der Waals surface area contributed by atoms with Crippen LogP contribution in [0.25, 0.3) is 0 Å². The van der Waals surface area contributed by atoms with Crippen LogP contribution in [0.5, 0.6) is 0 Å². The number of hydrogen-bond donors (Lipinski definition) is 5. The van der Waals surface area contributed by atoms with Gasteiger partial charge in [-0.25, -0.2) is 0 Å². The molecular formula is C11H20N2O4S. The highest BCUT2D eigenvalue weighted by Gasteiger charge is 2.32. The van der Waals surface area contributed by atoms with Gasteiger partial charge in [0.05, 0.1) is 6.61 Å². The summed E-state index contributed by atoms with van der Waals surface area (Å²) in [6.07, 6.45) is 0.149. The summed E-state index contributed by atoms with van der Waals surface area (Å²) in [6, 6.07) is 0. The summed E-state index contributed by atoms with van der Waals surface area (Å²) in [5, 5.41) is 24.9. The Labute approximate surface area is 112 Å². The van der Waals surface area contributed by atoms with Gasteiger partial charge in [0.25, 0.3) is 0 Å². The van der Waals surface area contributed by atoms with Gasteiger partial charge < -0.3 is 20.8 Å². The third kappa shape index (κ3) is 6.04. The highest BCUT2D eigenvalue weighted by atomic mass is 32.1. The summed E-state index contributed by atoms with van der Waals surface area (Å²) in [7, 11) is 0. The molecule has 0 spiro atoms. The summed E-state index contributed by atoms with van der Waals surface area (Å²) < 4.78 is 0. The summed E-state index contributed by atoms with van der Waals surface area (Å²) in [4.78, 5) is 22.7. The Kier molecular flexibility index (Phi) is 7.65. The smallest absolute Gasteiger partial charge is 0.249 e. The molecule has 0 aliphatic rings. The van der Waals surface area contributed by atoms with Gasteiger partial charge in [0, 0.05) is 24.6 Å². The van der Waals surface area contributed by atoms with Crippen molar-refractivity contribution in [2.24, 2.45) is 5.41 Å². The zero-order valence-electron chi connectivity index (χ0n) is 10.5. The molecule has 6 nitrogen and oxygen atoms in total. The maximum absolute atomic E-state index is 11.5. The highest BCUT2D eigenvalue weighted by Crippen LogP contribution is 2.19. The largest absolute Gasteiger partial charge is 0.396 e. The van der Waals surface area contributed by atoms with Crippen LogP contribution < -0.4 is 10.6 Å². The minimum Gasteiger partial charge on any atom is -0.396 e. The summed E-state index contributed by atoms with van der Waals surface area (Å²) in [5.74, 6) is -0.872. The molecule has 0 radical (unpaired) electrons. The lowest BCUT2D eigenvalue weighted by Gasteiger charge is -2.27. The normalized spacial score (nSPS) is 13.4. The van der Waals surface area contributed by atoms with Crippen molar-refractivity contribution in [3.05, 3.63) is 11.6 Å². The van der Waals surface area contributed by atoms with Crippen molar-refractivity contribution < 1.29 is 19.8 Å². The van der Waals surface area contributed by atoms with Crippen molar-refractivity contribution >= 4 is 24.4 Å². The lowest BCUT2D eigenvalue weighted by Crippen LogP contribution is -2.46. The zero-order valence-corrected chi connectivity index (χ0v) is 11.4. The van der Waals surface area contributed by atoms with Crippen molar-refractivity contribution in [3.8, 4) is 0 Å². The van der Waals surface area contributed by atoms with Gasteiger partial charge in [-0.15, -0.1) is 12.6 Å². The Bertz CT molecular complexity index is 318. The van der Waals surface area contributed by atoms with E-state index in [2.05, 4.69) is 23.3 Å². The van der Waals surface area contributed by atoms with Gasteiger partial charge >= 0.3 is 0 Å². The van der Waals surface area contributed by atoms with Crippen LogP contribution in [0.15, 0.2) is 11.6 Å². The molecule has 0 rings (SSSR count). The van der Waals surface area contributed by atoms with Crippen LogP contribution in [0.2, 0.25) is 0 Å². The minimum absolute atomic E-state index is 0.0934. The number of aliphatic hydroxyl groups excluding tert-OH is 2. The third-order valence-corrected chi connectivity index (χ3v) is 2.52. The van der Waals surface area contributed by atoms with Gasteiger partial charge in [0.1, 0.15) is 6.10 Å². The first-order chi connectivity index (χ1) is 8.35. The number of thiol groups is 1. The van der Waals surface area contributed by atoms with Crippen molar-refractivity contribution in [1.29, 1.82) is 0 Å². The van der Waals surface area contributed by atoms with E-state index >= 15 is 0 Å². The first-order valence-corrected chi connectivity index (χ1v) is 6.02. The second kappa shape index (κ2) is 8.12. The molecule has 0 saturated heterocycles. The van der Waals surface area contributed by atoms with Gasteiger partial charge in [0.15, 0.2) is 0 Å². The average Bonchev–Trinajstić information content (AvgIpc) is 2.35. The first kappa shape index (κ1) is 16.9. The number of aliphatic hydroxyl groups is 2. The number of carbonyl (C=O) groups is 2. The lowest BCUT2D eigenvalue weighted by molar-refractivity contribution is -0.137. The van der Waals surface area contributed by atoms with Crippen LogP contribution in [0, 0.1) is 5.41 Å². The monoisotopic (exact) mass is 276 g/mol. The van der Waals surface area contributed by atoms with E-state index in [-0.39, 0.29) is 25.5 Å². The summed E-state index contributed by atoms with van der Waals surface area (Å²) in [5.41, 5.74) is -0.916. The van der Waals surface area contributed by atoms with E-state index < -0.39 is 17.4 Å². The predicted octanol–water partition coefficient (Wildman–Crippen LogP) is -0.611. The van der Waals surface area contributed by atoms with Gasteiger partial charge in [-0.2, -0.15) is 0 Å². The van der Waals surface area contributed by atoms with Crippen molar-refractivity contribution in [2.45, 2.75) is 26.4 Å². The van der Waals surface area contributed by atoms with Crippen LogP contribution in [0.3, 0.4) is 0 Å². The third-order valence-electron chi connectivity index (χ3n) is 2.37. The van der Waals surface area contributed by atoms with Crippen molar-refractivity contribution in [2.75, 3.05) is 13.2 Å². The van der Waals surface area contributed by atoms with Gasteiger partial charge in [-0.3, -0.25) is 9.59 Å². The second-order valence-corrected chi connectivity index (χ2v) is 4.77. The number of amides is 2. The first-order valence-electron chi connectivity index (χ1n) is 5.50. The predicted molar refractivity (Wildman–Crippen MR) is 70.8 cm³/mol. The Morgan fingerprint density at radius 3 is 2.56 bits per heavy atom. The lowest BCUT2D eigenvalue weighted by atomic mass is 9.87. The van der Waals surface area contributed by atoms with E-state index in [0.29, 0.717) is 0 Å². The van der Waals surface area contributed by atoms with E-state index in [1.165, 1.54) is 11.6 Å². The Morgan fingerprint density at radius 1 is 1.44 bits per heavy atom. The van der Waals surface area contributed by atoms with E-state index in [1.54, 1.807) is 13.8 Å². The van der Waals surface area contributed by atoms with E-state index in [0.717, 1.165) is 0 Å². The zero-order chi connectivity index (χ0) is 14.2. The molecule has 104 valence electrons. The topological polar surface area (TPSA) is 98.7 Å². The van der Waals surface area contributed by atoms with Crippen LogP contribution in [0.4, 0.5) is 0 Å². The molecule has 0 saturated carbocycles. The number of rotatable bonds is 7. The number of hydrogen-bond acceptors (Lipinski definition) is 5. The fourth-order valence-corrected chi connectivity index (χ4v) is 1.11. The number of carbonyl (C=O) groups excluding carboxylic acids is 2. The SMILES string of the molecule is CC(C)(CO)[C@@H](O)C(=O)NCCC(=O)NC=CS. The Hall–Kier alpha value is -1.05. The molecule has 0 aromatic rings. The fourth-order valence-electron chi connectivity index (χ4n) is 1.04. The molecule has 1 atom stereocenters. The second-order valence-electron chi connectivity index (χ2n) is 4.47. The van der Waals surface area contributed by atoms with Crippen molar-refractivity contribution in [1.82, 2.24) is 10.6 Å². The molecule has 0 bridgehead atoms. The molecule has 0 aliphatic heterocycles. The van der Waals surface area contributed by atoms with Gasteiger partial charge in [-0.1, -0.05) is 13.8 Å². The van der Waals surface area contributed by atoms with Crippen LogP contribution in [0.1, 0.15) is 20.3 Å². The van der Waals surface area contributed by atoms with Crippen LogP contribution in [-0.2, 0) is 9.59 Å². The maximum atomic E-state index is 11.5. The molecule has 0 aliphatic carbocycles. The molecule has 0 aromatic heterocycles. The highest BCUT2D eigenvalue weighted by molar-refractivity contribution is 7.83. The molecule has 7 heteroatoms. The summed E-state index contributed by atoms with van der Waals surface area (Å²) >= 11 is 3.77. The number of nitrogens with one attached hydrogen (secondary N) is 2. The quantitative estimate of drug-likeness (QED) is 0.401.